The van der Waals surface area contributed by atoms with Crippen LogP contribution in [0, 0.1) is 0 Å². The number of nitrogens with zero attached hydrogens (tertiary/aromatic N) is 2. The first kappa shape index (κ1) is 15.9. The maximum Gasteiger partial charge on any atom is 0.290 e. The normalized spacial score (nSPS) is 12.4. The molecule has 1 aromatic heterocycles. The highest BCUT2D eigenvalue weighted by molar-refractivity contribution is 5.45. The van der Waals surface area contributed by atoms with Gasteiger partial charge in [-0.1, -0.05) is 41.5 Å². The minimum Gasteiger partial charge on any atom is -0.393 e. The zero-order valence-corrected chi connectivity index (χ0v) is 13.3. The predicted molar refractivity (Wildman–Crippen MR) is 81.7 cm³/mol. The van der Waals surface area contributed by atoms with E-state index in [4.69, 9.17) is 5.73 Å². The summed E-state index contributed by atoms with van der Waals surface area (Å²) < 4.78 is 4.01. The molecular formula is C15H29N3O. The fourth-order valence-corrected chi connectivity index (χ4v) is 2.80. The van der Waals surface area contributed by atoms with E-state index in [2.05, 4.69) is 46.2 Å². The first-order chi connectivity index (χ1) is 8.79. The van der Waals surface area contributed by atoms with Gasteiger partial charge >= 0.3 is 0 Å². The quantitative estimate of drug-likeness (QED) is 0.890. The van der Waals surface area contributed by atoms with Gasteiger partial charge in [0, 0.05) is 12.0 Å². The van der Waals surface area contributed by atoms with Gasteiger partial charge in [-0.15, -0.1) is 0 Å². The molecule has 0 atom stereocenters. The molecule has 0 bridgehead atoms. The summed E-state index contributed by atoms with van der Waals surface area (Å²) in [6.07, 6.45) is 2.90. The van der Waals surface area contributed by atoms with E-state index < -0.39 is 0 Å². The van der Waals surface area contributed by atoms with Crippen LogP contribution in [0.5, 0.6) is 0 Å². The molecule has 110 valence electrons. The van der Waals surface area contributed by atoms with Crippen molar-refractivity contribution < 1.29 is 0 Å². The van der Waals surface area contributed by atoms with Crippen molar-refractivity contribution in [2.75, 3.05) is 5.73 Å². The Kier molecular flexibility index (Phi) is 4.88. The van der Waals surface area contributed by atoms with Crippen molar-refractivity contribution in [3.05, 3.63) is 16.0 Å². The third-order valence-corrected chi connectivity index (χ3v) is 3.65. The molecular weight excluding hydrogens is 238 g/mol. The number of hydrogen-bond donors (Lipinski definition) is 1. The standard InChI is InChI=1S/C15H29N3O/c1-7-10-17-13(15(4,5)6)12(16)14(19)18(17)11(8-2)9-3/h11H,7-10,16H2,1-6H3. The van der Waals surface area contributed by atoms with Crippen LogP contribution in [0.4, 0.5) is 5.69 Å². The molecule has 19 heavy (non-hydrogen) atoms. The van der Waals surface area contributed by atoms with E-state index in [1.54, 1.807) is 0 Å². The average Bonchev–Trinajstić information content (AvgIpc) is 2.55. The Morgan fingerprint density at radius 2 is 1.68 bits per heavy atom. The summed E-state index contributed by atoms with van der Waals surface area (Å²) in [5, 5.41) is 0. The lowest BCUT2D eigenvalue weighted by atomic mass is 9.91. The molecule has 0 aliphatic rings. The molecule has 0 saturated heterocycles. The molecule has 1 aromatic rings. The number of anilines is 1. The molecule has 0 amide bonds. The Labute approximate surface area is 116 Å². The van der Waals surface area contributed by atoms with Crippen molar-refractivity contribution in [1.82, 2.24) is 9.36 Å². The molecule has 0 aliphatic heterocycles. The van der Waals surface area contributed by atoms with Crippen molar-refractivity contribution in [3.8, 4) is 0 Å². The van der Waals surface area contributed by atoms with E-state index >= 15 is 0 Å². The topological polar surface area (TPSA) is 52.9 Å². The average molecular weight is 267 g/mol. The Morgan fingerprint density at radius 3 is 2.05 bits per heavy atom. The molecule has 4 nitrogen and oxygen atoms in total. The molecule has 1 heterocycles. The second kappa shape index (κ2) is 5.85. The van der Waals surface area contributed by atoms with Crippen molar-refractivity contribution in [2.24, 2.45) is 0 Å². The molecule has 4 heteroatoms. The van der Waals surface area contributed by atoms with Gasteiger partial charge in [-0.2, -0.15) is 0 Å². The van der Waals surface area contributed by atoms with Gasteiger partial charge in [0.2, 0.25) is 0 Å². The molecule has 0 unspecified atom stereocenters. The highest BCUT2D eigenvalue weighted by Gasteiger charge is 2.28. The van der Waals surface area contributed by atoms with Crippen LogP contribution in [0.2, 0.25) is 0 Å². The Hall–Kier alpha value is -1.19. The third kappa shape index (κ3) is 2.88. The summed E-state index contributed by atoms with van der Waals surface area (Å²) in [7, 11) is 0. The second-order valence-electron chi connectivity index (χ2n) is 6.26. The number of nitrogen functional groups attached to an aromatic ring is 1. The summed E-state index contributed by atoms with van der Waals surface area (Å²) >= 11 is 0. The first-order valence-corrected chi connectivity index (χ1v) is 7.40. The maximum absolute atomic E-state index is 12.5. The van der Waals surface area contributed by atoms with E-state index in [-0.39, 0.29) is 17.0 Å². The second-order valence-corrected chi connectivity index (χ2v) is 6.26. The van der Waals surface area contributed by atoms with E-state index in [1.165, 1.54) is 0 Å². The van der Waals surface area contributed by atoms with Crippen molar-refractivity contribution >= 4 is 5.69 Å². The van der Waals surface area contributed by atoms with Gasteiger partial charge in [0.1, 0.15) is 5.69 Å². The first-order valence-electron chi connectivity index (χ1n) is 7.40. The number of nitrogens with two attached hydrogens (primary N) is 1. The van der Waals surface area contributed by atoms with Crippen LogP contribution in [0.15, 0.2) is 4.79 Å². The number of hydrogen-bond acceptors (Lipinski definition) is 2. The van der Waals surface area contributed by atoms with Gasteiger partial charge in [0.05, 0.1) is 11.7 Å². The van der Waals surface area contributed by atoms with E-state index in [0.29, 0.717) is 5.69 Å². The summed E-state index contributed by atoms with van der Waals surface area (Å²) in [6, 6.07) is 0.234. The molecule has 2 N–H and O–H groups in total. The number of rotatable bonds is 5. The van der Waals surface area contributed by atoms with Gasteiger partial charge < -0.3 is 5.73 Å². The molecule has 1 rings (SSSR count). The lowest BCUT2D eigenvalue weighted by Gasteiger charge is -2.26. The zero-order chi connectivity index (χ0) is 14.8. The summed E-state index contributed by atoms with van der Waals surface area (Å²) in [6.45, 7) is 13.6. The molecule has 0 saturated carbocycles. The lowest BCUT2D eigenvalue weighted by Crippen LogP contribution is -2.29. The smallest absolute Gasteiger partial charge is 0.290 e. The largest absolute Gasteiger partial charge is 0.393 e. The van der Waals surface area contributed by atoms with Crippen LogP contribution in [0.1, 0.15) is 72.5 Å². The summed E-state index contributed by atoms with van der Waals surface area (Å²) in [5.41, 5.74) is 7.38. The third-order valence-electron chi connectivity index (χ3n) is 3.65. The zero-order valence-electron chi connectivity index (χ0n) is 13.3. The van der Waals surface area contributed by atoms with E-state index in [0.717, 1.165) is 31.5 Å². The predicted octanol–water partition coefficient (Wildman–Crippen LogP) is 3.30. The lowest BCUT2D eigenvalue weighted by molar-refractivity contribution is 0.322. The van der Waals surface area contributed by atoms with E-state index in [9.17, 15) is 4.79 Å². The molecule has 0 aromatic carbocycles. The molecule has 0 radical (unpaired) electrons. The SMILES string of the molecule is CCCn1c(C(C)(C)C)c(N)c(=O)n1C(CC)CC. The molecule has 0 aliphatic carbocycles. The highest BCUT2D eigenvalue weighted by atomic mass is 16.1. The van der Waals surface area contributed by atoms with Gasteiger partial charge in [0.25, 0.3) is 5.56 Å². The Bertz CT molecular complexity index is 473. The van der Waals surface area contributed by atoms with Crippen LogP contribution in [-0.2, 0) is 12.0 Å². The minimum atomic E-state index is -0.115. The van der Waals surface area contributed by atoms with Gasteiger partial charge in [-0.25, -0.2) is 4.68 Å². The summed E-state index contributed by atoms with van der Waals surface area (Å²) in [5.74, 6) is 0. The Morgan fingerprint density at radius 1 is 1.16 bits per heavy atom. The van der Waals surface area contributed by atoms with Crippen molar-refractivity contribution in [1.29, 1.82) is 0 Å². The van der Waals surface area contributed by atoms with Crippen LogP contribution in [0.25, 0.3) is 0 Å². The minimum absolute atomic E-state index is 0.0212. The van der Waals surface area contributed by atoms with Crippen LogP contribution >= 0.6 is 0 Å². The van der Waals surface area contributed by atoms with Crippen molar-refractivity contribution in [3.63, 3.8) is 0 Å². The van der Waals surface area contributed by atoms with Gasteiger partial charge in [-0.3, -0.25) is 9.48 Å². The monoisotopic (exact) mass is 267 g/mol. The summed E-state index contributed by atoms with van der Waals surface area (Å²) in [4.78, 5) is 12.5. The van der Waals surface area contributed by atoms with Crippen LogP contribution in [-0.4, -0.2) is 9.36 Å². The number of aromatic nitrogens is 2. The molecule has 0 fully saturated rings. The molecule has 0 spiro atoms. The van der Waals surface area contributed by atoms with Gasteiger partial charge in [-0.05, 0) is 19.3 Å². The van der Waals surface area contributed by atoms with Gasteiger partial charge in [0.15, 0.2) is 0 Å². The highest BCUT2D eigenvalue weighted by Crippen LogP contribution is 2.28. The van der Waals surface area contributed by atoms with E-state index in [1.807, 2.05) is 4.68 Å². The fraction of sp³-hybridized carbons (Fsp3) is 0.800. The van der Waals surface area contributed by atoms with Crippen LogP contribution < -0.4 is 11.3 Å². The Balaban J connectivity index is 3.59. The fourth-order valence-electron chi connectivity index (χ4n) is 2.80. The van der Waals surface area contributed by atoms with Crippen molar-refractivity contribution in [2.45, 2.75) is 78.8 Å². The maximum atomic E-state index is 12.5. The van der Waals surface area contributed by atoms with Crippen LogP contribution in [0.3, 0.4) is 0 Å².